The molecule has 2 amide bonds. The van der Waals surface area contributed by atoms with Gasteiger partial charge in [0, 0.05) is 5.56 Å². The lowest BCUT2D eigenvalue weighted by Crippen LogP contribution is -2.34. The Labute approximate surface area is 195 Å². The number of esters is 1. The van der Waals surface area contributed by atoms with Crippen LogP contribution < -0.4 is 20.2 Å². The average molecular weight is 466 g/mol. The van der Waals surface area contributed by atoms with Gasteiger partial charge in [0.1, 0.15) is 11.5 Å². The van der Waals surface area contributed by atoms with Gasteiger partial charge in [0.05, 0.1) is 30.5 Å². The molecule has 0 saturated heterocycles. The molecule has 0 bridgehead atoms. The number of benzene rings is 3. The molecule has 0 heterocycles. The lowest BCUT2D eigenvalue weighted by atomic mass is 10.2. The Morgan fingerprint density at radius 2 is 1.61 bits per heavy atom. The highest BCUT2D eigenvalue weighted by Gasteiger charge is 2.12. The molecule has 2 N–H and O–H groups in total. The number of amides is 2. The fraction of sp³-hybridized carbons (Fsp3) is 0.0833. The second-order valence-electron chi connectivity index (χ2n) is 6.64. The van der Waals surface area contributed by atoms with Crippen LogP contribution in [0.3, 0.4) is 0 Å². The summed E-state index contributed by atoms with van der Waals surface area (Å²) in [5.41, 5.74) is 3.66. The van der Waals surface area contributed by atoms with Crippen LogP contribution in [0.2, 0.25) is 5.02 Å². The standard InChI is InChI=1S/C24H20ClN3O5/c1-32-18-12-8-17(9-13-18)23(30)26-15-22(29)28-27-14-16-6-10-19(11-7-16)33-24(31)20-4-2-3-5-21(20)25/h2-14H,15H2,1H3,(H,26,30)(H,28,29)/b27-14-. The molecule has 0 fully saturated rings. The molecule has 0 aliphatic carbocycles. The third-order valence-electron chi connectivity index (χ3n) is 4.35. The number of halogens is 1. The van der Waals surface area contributed by atoms with Gasteiger partial charge in [-0.3, -0.25) is 9.59 Å². The van der Waals surface area contributed by atoms with Crippen LogP contribution in [-0.2, 0) is 4.79 Å². The summed E-state index contributed by atoms with van der Waals surface area (Å²) in [4.78, 5) is 36.1. The van der Waals surface area contributed by atoms with Crippen LogP contribution in [0.5, 0.6) is 11.5 Å². The molecule has 0 saturated carbocycles. The Kier molecular flexibility index (Phi) is 8.15. The maximum absolute atomic E-state index is 12.2. The zero-order chi connectivity index (χ0) is 23.6. The molecule has 3 aromatic rings. The Balaban J connectivity index is 1.45. The van der Waals surface area contributed by atoms with E-state index in [0.29, 0.717) is 27.6 Å². The van der Waals surface area contributed by atoms with Gasteiger partial charge in [0.15, 0.2) is 0 Å². The van der Waals surface area contributed by atoms with Gasteiger partial charge in [-0.15, -0.1) is 0 Å². The van der Waals surface area contributed by atoms with Gasteiger partial charge in [0.2, 0.25) is 0 Å². The van der Waals surface area contributed by atoms with E-state index in [1.54, 1.807) is 72.8 Å². The van der Waals surface area contributed by atoms with Gasteiger partial charge in [0.25, 0.3) is 11.8 Å². The molecule has 0 radical (unpaired) electrons. The fourth-order valence-corrected chi connectivity index (χ4v) is 2.85. The summed E-state index contributed by atoms with van der Waals surface area (Å²) < 4.78 is 10.3. The number of rotatable bonds is 8. The summed E-state index contributed by atoms with van der Waals surface area (Å²) >= 11 is 5.99. The van der Waals surface area contributed by atoms with Crippen molar-refractivity contribution in [3.63, 3.8) is 0 Å². The number of hydrogen-bond donors (Lipinski definition) is 2. The first kappa shape index (κ1) is 23.5. The monoisotopic (exact) mass is 465 g/mol. The molecule has 8 nitrogen and oxygen atoms in total. The zero-order valence-electron chi connectivity index (χ0n) is 17.6. The minimum absolute atomic E-state index is 0.237. The summed E-state index contributed by atoms with van der Waals surface area (Å²) in [6.07, 6.45) is 1.42. The van der Waals surface area contributed by atoms with E-state index in [-0.39, 0.29) is 12.1 Å². The molecule has 9 heteroatoms. The maximum Gasteiger partial charge on any atom is 0.345 e. The van der Waals surface area contributed by atoms with Crippen molar-refractivity contribution in [1.29, 1.82) is 0 Å². The molecule has 0 unspecified atom stereocenters. The van der Waals surface area contributed by atoms with E-state index in [4.69, 9.17) is 21.1 Å². The first-order valence-electron chi connectivity index (χ1n) is 9.77. The van der Waals surface area contributed by atoms with Crippen LogP contribution >= 0.6 is 11.6 Å². The number of nitrogens with zero attached hydrogens (tertiary/aromatic N) is 1. The first-order chi connectivity index (χ1) is 16.0. The van der Waals surface area contributed by atoms with E-state index in [1.165, 1.54) is 13.3 Å². The predicted molar refractivity (Wildman–Crippen MR) is 124 cm³/mol. The largest absolute Gasteiger partial charge is 0.497 e. The summed E-state index contributed by atoms with van der Waals surface area (Å²) in [5, 5.41) is 6.66. The van der Waals surface area contributed by atoms with E-state index >= 15 is 0 Å². The number of hydrogen-bond acceptors (Lipinski definition) is 6. The minimum atomic E-state index is -0.564. The summed E-state index contributed by atoms with van der Waals surface area (Å²) in [7, 11) is 1.53. The normalized spacial score (nSPS) is 10.5. The highest BCUT2D eigenvalue weighted by molar-refractivity contribution is 6.33. The molecule has 0 aliphatic rings. The second kappa shape index (κ2) is 11.4. The van der Waals surface area contributed by atoms with Crippen molar-refractivity contribution in [2.24, 2.45) is 5.10 Å². The Morgan fingerprint density at radius 1 is 0.939 bits per heavy atom. The lowest BCUT2D eigenvalue weighted by Gasteiger charge is -2.06. The van der Waals surface area contributed by atoms with Crippen LogP contribution in [0.15, 0.2) is 77.9 Å². The van der Waals surface area contributed by atoms with Gasteiger partial charge in [-0.2, -0.15) is 5.10 Å². The summed E-state index contributed by atoms with van der Waals surface area (Å²) in [6.45, 7) is -0.237. The van der Waals surface area contributed by atoms with Crippen molar-refractivity contribution < 1.29 is 23.9 Å². The second-order valence-corrected chi connectivity index (χ2v) is 7.05. The van der Waals surface area contributed by atoms with Crippen molar-refractivity contribution in [3.05, 3.63) is 94.5 Å². The summed E-state index contributed by atoms with van der Waals surface area (Å²) in [5.74, 6) is -0.476. The van der Waals surface area contributed by atoms with E-state index < -0.39 is 17.8 Å². The zero-order valence-corrected chi connectivity index (χ0v) is 18.3. The van der Waals surface area contributed by atoms with Crippen LogP contribution in [0.25, 0.3) is 0 Å². The quantitative estimate of drug-likeness (QED) is 0.229. The number of nitrogens with one attached hydrogen (secondary N) is 2. The molecular weight excluding hydrogens is 446 g/mol. The van der Waals surface area contributed by atoms with Crippen molar-refractivity contribution >= 4 is 35.6 Å². The third kappa shape index (κ3) is 6.91. The average Bonchev–Trinajstić information content (AvgIpc) is 2.84. The van der Waals surface area contributed by atoms with Gasteiger partial charge < -0.3 is 14.8 Å². The Hall–Kier alpha value is -4.17. The number of hydrazone groups is 1. The SMILES string of the molecule is COc1ccc(C(=O)NCC(=O)N/N=C\c2ccc(OC(=O)c3ccccc3Cl)cc2)cc1. The smallest absolute Gasteiger partial charge is 0.345 e. The van der Waals surface area contributed by atoms with Crippen LogP contribution in [-0.4, -0.2) is 37.7 Å². The lowest BCUT2D eigenvalue weighted by molar-refractivity contribution is -0.120. The first-order valence-corrected chi connectivity index (χ1v) is 10.1. The van der Waals surface area contributed by atoms with Crippen molar-refractivity contribution in [2.75, 3.05) is 13.7 Å². The molecule has 0 aliphatic heterocycles. The molecule has 0 spiro atoms. The highest BCUT2D eigenvalue weighted by atomic mass is 35.5. The molecule has 3 rings (SSSR count). The number of carbonyl (C=O) groups excluding carboxylic acids is 3. The van der Waals surface area contributed by atoms with E-state index in [1.807, 2.05) is 0 Å². The Morgan fingerprint density at radius 3 is 2.27 bits per heavy atom. The topological polar surface area (TPSA) is 106 Å². The van der Waals surface area contributed by atoms with Crippen LogP contribution in [0, 0.1) is 0 Å². The predicted octanol–water partition coefficient (Wildman–Crippen LogP) is 3.45. The Bertz CT molecular complexity index is 1160. The highest BCUT2D eigenvalue weighted by Crippen LogP contribution is 2.19. The molecular formula is C24H20ClN3O5. The maximum atomic E-state index is 12.2. The van der Waals surface area contributed by atoms with E-state index in [0.717, 1.165) is 0 Å². The fourth-order valence-electron chi connectivity index (χ4n) is 2.63. The van der Waals surface area contributed by atoms with E-state index in [9.17, 15) is 14.4 Å². The van der Waals surface area contributed by atoms with Crippen LogP contribution in [0.4, 0.5) is 0 Å². The molecule has 0 atom stereocenters. The summed E-state index contributed by atoms with van der Waals surface area (Å²) in [6, 6.07) is 19.6. The van der Waals surface area contributed by atoms with Gasteiger partial charge >= 0.3 is 5.97 Å². The van der Waals surface area contributed by atoms with Gasteiger partial charge in [-0.05, 0) is 66.2 Å². The van der Waals surface area contributed by atoms with Crippen molar-refractivity contribution in [2.45, 2.75) is 0 Å². The third-order valence-corrected chi connectivity index (χ3v) is 4.68. The molecule has 0 aromatic heterocycles. The molecule has 33 heavy (non-hydrogen) atoms. The van der Waals surface area contributed by atoms with Crippen LogP contribution in [0.1, 0.15) is 26.3 Å². The van der Waals surface area contributed by atoms with Gasteiger partial charge in [-0.25, -0.2) is 10.2 Å². The molecule has 3 aromatic carbocycles. The van der Waals surface area contributed by atoms with Crippen molar-refractivity contribution in [1.82, 2.24) is 10.7 Å². The molecule has 168 valence electrons. The number of carbonyl (C=O) groups is 3. The number of ether oxygens (including phenoxy) is 2. The number of methoxy groups -OCH3 is 1. The minimum Gasteiger partial charge on any atom is -0.497 e. The van der Waals surface area contributed by atoms with Gasteiger partial charge in [-0.1, -0.05) is 23.7 Å². The van der Waals surface area contributed by atoms with Crippen molar-refractivity contribution in [3.8, 4) is 11.5 Å². The van der Waals surface area contributed by atoms with E-state index in [2.05, 4.69) is 15.8 Å².